The van der Waals surface area contributed by atoms with Gasteiger partial charge in [0, 0.05) is 6.54 Å². The Morgan fingerprint density at radius 3 is 2.05 bits per heavy atom. The zero-order valence-electron chi connectivity index (χ0n) is 12.3. The molecule has 2 N–H and O–H groups in total. The summed E-state index contributed by atoms with van der Waals surface area (Å²) in [6.07, 6.45) is 0.904. The van der Waals surface area contributed by atoms with E-state index in [1.165, 1.54) is 12.1 Å². The minimum atomic E-state index is -3.77. The van der Waals surface area contributed by atoms with Crippen molar-refractivity contribution in [2.75, 3.05) is 6.54 Å². The Morgan fingerprint density at radius 2 is 1.65 bits per heavy atom. The summed E-state index contributed by atoms with van der Waals surface area (Å²) in [5, 5.41) is 10.1. The predicted octanol–water partition coefficient (Wildman–Crippen LogP) is 2.27. The van der Waals surface area contributed by atoms with Crippen LogP contribution < -0.4 is 4.72 Å². The van der Waals surface area contributed by atoms with Crippen LogP contribution in [0.3, 0.4) is 0 Å². The molecule has 20 heavy (non-hydrogen) atoms. The first-order valence-corrected chi connectivity index (χ1v) is 8.12. The monoisotopic (exact) mass is 303 g/mol. The number of aryl methyl sites for hydroxylation is 2. The van der Waals surface area contributed by atoms with Crippen molar-refractivity contribution in [1.82, 2.24) is 4.72 Å². The van der Waals surface area contributed by atoms with Gasteiger partial charge in [-0.1, -0.05) is 13.8 Å². The van der Waals surface area contributed by atoms with E-state index in [0.717, 1.165) is 0 Å². The van der Waals surface area contributed by atoms with E-state index in [1.54, 1.807) is 27.7 Å². The minimum Gasteiger partial charge on any atom is -0.389 e. The molecule has 0 bridgehead atoms. The molecule has 0 fully saturated rings. The standard InChI is InChI=1S/C14H22FNO3S/c1-5-14(17,6-2)9-16-20(18,19)13-10(3)7-12(15)8-11(13)4/h7-8,16-17H,5-6,9H2,1-4H3. The molecule has 1 aromatic rings. The lowest BCUT2D eigenvalue weighted by Crippen LogP contribution is -2.42. The van der Waals surface area contributed by atoms with Gasteiger partial charge in [0.25, 0.3) is 0 Å². The number of nitrogens with one attached hydrogen (secondary N) is 1. The second-order valence-corrected chi connectivity index (χ2v) is 6.83. The summed E-state index contributed by atoms with van der Waals surface area (Å²) in [6, 6.07) is 2.38. The summed E-state index contributed by atoms with van der Waals surface area (Å²) in [4.78, 5) is 0.0773. The fourth-order valence-corrected chi connectivity index (χ4v) is 3.69. The van der Waals surface area contributed by atoms with E-state index >= 15 is 0 Å². The van der Waals surface area contributed by atoms with E-state index < -0.39 is 21.4 Å². The Hall–Kier alpha value is -0.980. The summed E-state index contributed by atoms with van der Waals surface area (Å²) < 4.78 is 40.3. The van der Waals surface area contributed by atoms with Crippen LogP contribution in [-0.4, -0.2) is 25.7 Å². The molecule has 4 nitrogen and oxygen atoms in total. The van der Waals surface area contributed by atoms with Gasteiger partial charge in [-0.25, -0.2) is 17.5 Å². The summed E-state index contributed by atoms with van der Waals surface area (Å²) in [6.45, 7) is 6.64. The third kappa shape index (κ3) is 3.77. The smallest absolute Gasteiger partial charge is 0.241 e. The molecule has 0 aliphatic heterocycles. The van der Waals surface area contributed by atoms with Crippen molar-refractivity contribution in [2.24, 2.45) is 0 Å². The van der Waals surface area contributed by atoms with Crippen LogP contribution in [0.25, 0.3) is 0 Å². The minimum absolute atomic E-state index is 0.0570. The molecule has 0 heterocycles. The van der Waals surface area contributed by atoms with Gasteiger partial charge in [-0.15, -0.1) is 0 Å². The maximum Gasteiger partial charge on any atom is 0.241 e. The molecule has 114 valence electrons. The third-order valence-electron chi connectivity index (χ3n) is 3.60. The molecule has 0 saturated carbocycles. The maximum atomic E-state index is 13.2. The van der Waals surface area contributed by atoms with E-state index in [-0.39, 0.29) is 11.4 Å². The summed E-state index contributed by atoms with van der Waals surface area (Å²) in [7, 11) is -3.77. The molecule has 0 spiro atoms. The van der Waals surface area contributed by atoms with Gasteiger partial charge < -0.3 is 5.11 Å². The Morgan fingerprint density at radius 1 is 1.20 bits per heavy atom. The van der Waals surface area contributed by atoms with Crippen LogP contribution in [0.5, 0.6) is 0 Å². The molecule has 0 saturated heterocycles. The molecule has 0 aromatic heterocycles. The zero-order chi connectivity index (χ0) is 15.6. The molecule has 0 unspecified atom stereocenters. The van der Waals surface area contributed by atoms with Crippen LogP contribution in [-0.2, 0) is 10.0 Å². The molecule has 1 aromatic carbocycles. The topological polar surface area (TPSA) is 66.4 Å². The van der Waals surface area contributed by atoms with Gasteiger partial charge in [-0.3, -0.25) is 0 Å². The Kier molecular flexibility index (Phi) is 5.29. The molecule has 0 aliphatic carbocycles. The fraction of sp³-hybridized carbons (Fsp3) is 0.571. The predicted molar refractivity (Wildman–Crippen MR) is 76.6 cm³/mol. The van der Waals surface area contributed by atoms with Crippen molar-refractivity contribution < 1.29 is 17.9 Å². The van der Waals surface area contributed by atoms with Crippen molar-refractivity contribution in [2.45, 2.75) is 51.0 Å². The van der Waals surface area contributed by atoms with Crippen molar-refractivity contribution in [3.05, 3.63) is 29.1 Å². The lowest BCUT2D eigenvalue weighted by molar-refractivity contribution is 0.0377. The zero-order valence-corrected chi connectivity index (χ0v) is 13.1. The van der Waals surface area contributed by atoms with Crippen molar-refractivity contribution in [3.8, 4) is 0 Å². The van der Waals surface area contributed by atoms with E-state index in [9.17, 15) is 17.9 Å². The van der Waals surface area contributed by atoms with Crippen molar-refractivity contribution in [1.29, 1.82) is 0 Å². The second kappa shape index (κ2) is 6.20. The molecular weight excluding hydrogens is 281 g/mol. The molecule has 0 atom stereocenters. The summed E-state index contributed by atoms with van der Waals surface area (Å²) in [5.74, 6) is -0.461. The second-order valence-electron chi connectivity index (χ2n) is 5.12. The van der Waals surface area contributed by atoms with Gasteiger partial charge in [0.15, 0.2) is 0 Å². The molecular formula is C14H22FNO3S. The Bertz CT molecular complexity index is 557. The first kappa shape index (κ1) is 17.1. The van der Waals surface area contributed by atoms with Crippen LogP contribution in [0.1, 0.15) is 37.8 Å². The summed E-state index contributed by atoms with van der Waals surface area (Å²) >= 11 is 0. The van der Waals surface area contributed by atoms with E-state index in [4.69, 9.17) is 0 Å². The number of benzene rings is 1. The average Bonchev–Trinajstić information content (AvgIpc) is 2.34. The Labute approximate surface area is 120 Å². The molecule has 0 radical (unpaired) electrons. The van der Waals surface area contributed by atoms with Gasteiger partial charge in [-0.2, -0.15) is 0 Å². The highest BCUT2D eigenvalue weighted by Gasteiger charge is 2.27. The van der Waals surface area contributed by atoms with Crippen LogP contribution in [0.4, 0.5) is 4.39 Å². The van der Waals surface area contributed by atoms with Crippen LogP contribution >= 0.6 is 0 Å². The van der Waals surface area contributed by atoms with Gasteiger partial charge in [0.1, 0.15) is 5.82 Å². The number of hydrogen-bond acceptors (Lipinski definition) is 3. The highest BCUT2D eigenvalue weighted by molar-refractivity contribution is 7.89. The molecule has 0 amide bonds. The van der Waals surface area contributed by atoms with Crippen LogP contribution in [0, 0.1) is 19.7 Å². The number of aliphatic hydroxyl groups is 1. The maximum absolute atomic E-state index is 13.2. The number of sulfonamides is 1. The quantitative estimate of drug-likeness (QED) is 0.847. The van der Waals surface area contributed by atoms with Gasteiger partial charge in [0.2, 0.25) is 10.0 Å². The lowest BCUT2D eigenvalue weighted by Gasteiger charge is -2.25. The number of hydrogen-bond donors (Lipinski definition) is 2. The van der Waals surface area contributed by atoms with E-state index in [0.29, 0.717) is 24.0 Å². The first-order chi connectivity index (χ1) is 9.15. The molecule has 6 heteroatoms. The number of halogens is 1. The normalized spacial score (nSPS) is 12.7. The van der Waals surface area contributed by atoms with Crippen LogP contribution in [0.2, 0.25) is 0 Å². The van der Waals surface area contributed by atoms with Crippen LogP contribution in [0.15, 0.2) is 17.0 Å². The fourth-order valence-electron chi connectivity index (χ4n) is 2.12. The highest BCUT2D eigenvalue weighted by atomic mass is 32.2. The van der Waals surface area contributed by atoms with Gasteiger partial charge in [-0.05, 0) is 49.9 Å². The number of rotatable bonds is 6. The molecule has 0 aliphatic rings. The summed E-state index contributed by atoms with van der Waals surface area (Å²) in [5.41, 5.74) is -0.354. The first-order valence-electron chi connectivity index (χ1n) is 6.64. The SMILES string of the molecule is CCC(O)(CC)CNS(=O)(=O)c1c(C)cc(F)cc1C. The van der Waals surface area contributed by atoms with Crippen molar-refractivity contribution in [3.63, 3.8) is 0 Å². The van der Waals surface area contributed by atoms with Gasteiger partial charge >= 0.3 is 0 Å². The lowest BCUT2D eigenvalue weighted by atomic mass is 9.98. The molecule has 1 rings (SSSR count). The average molecular weight is 303 g/mol. The highest BCUT2D eigenvalue weighted by Crippen LogP contribution is 2.22. The largest absolute Gasteiger partial charge is 0.389 e. The van der Waals surface area contributed by atoms with Crippen molar-refractivity contribution >= 4 is 10.0 Å². The third-order valence-corrected chi connectivity index (χ3v) is 5.31. The van der Waals surface area contributed by atoms with Gasteiger partial charge in [0.05, 0.1) is 10.5 Å². The van der Waals surface area contributed by atoms with E-state index in [2.05, 4.69) is 4.72 Å². The Balaban J connectivity index is 3.07. The van der Waals surface area contributed by atoms with E-state index in [1.807, 2.05) is 0 Å².